The van der Waals surface area contributed by atoms with Gasteiger partial charge in [0.15, 0.2) is 0 Å². The van der Waals surface area contributed by atoms with Crippen LogP contribution in [0.4, 0.5) is 0 Å². The summed E-state index contributed by atoms with van der Waals surface area (Å²) in [5, 5.41) is 12.2. The van der Waals surface area contributed by atoms with E-state index in [1.54, 1.807) is 0 Å². The Kier molecular flexibility index (Phi) is 3.99. The summed E-state index contributed by atoms with van der Waals surface area (Å²) in [6.45, 7) is 1.61. The molecule has 2 fully saturated rings. The summed E-state index contributed by atoms with van der Waals surface area (Å²) in [6, 6.07) is 2.90. The van der Waals surface area contributed by atoms with Crippen LogP contribution in [0.5, 0.6) is 0 Å². The van der Waals surface area contributed by atoms with Crippen molar-refractivity contribution in [3.05, 3.63) is 0 Å². The smallest absolute Gasteiger partial charge is 0.0977 e. The first-order valence-corrected chi connectivity index (χ1v) is 6.12. The minimum atomic E-state index is -0.00146. The first-order chi connectivity index (χ1) is 7.38. The Morgan fingerprint density at radius 2 is 2.07 bits per heavy atom. The van der Waals surface area contributed by atoms with E-state index in [1.165, 1.54) is 32.1 Å². The molecule has 1 unspecified atom stereocenters. The number of nitriles is 1. The van der Waals surface area contributed by atoms with Crippen LogP contribution in [0.2, 0.25) is 0 Å². The minimum absolute atomic E-state index is 0.00146. The molecule has 3 nitrogen and oxygen atoms in total. The number of rotatable bonds is 8. The van der Waals surface area contributed by atoms with Crippen LogP contribution < -0.4 is 5.32 Å². The van der Waals surface area contributed by atoms with Crippen molar-refractivity contribution in [2.75, 3.05) is 13.2 Å². The maximum atomic E-state index is 8.89. The van der Waals surface area contributed by atoms with E-state index in [9.17, 15) is 0 Å². The zero-order chi connectivity index (χ0) is 10.5. The molecule has 2 aliphatic rings. The molecule has 1 N–H and O–H groups in total. The highest BCUT2D eigenvalue weighted by Gasteiger charge is 2.24. The maximum absolute atomic E-state index is 8.89. The van der Waals surface area contributed by atoms with Gasteiger partial charge in [0.25, 0.3) is 0 Å². The molecular formula is C12H20N2O. The summed E-state index contributed by atoms with van der Waals surface area (Å²) in [5.74, 6) is 0.946. The van der Waals surface area contributed by atoms with Crippen LogP contribution in [0, 0.1) is 17.2 Å². The van der Waals surface area contributed by atoms with E-state index in [4.69, 9.17) is 10.00 Å². The molecule has 0 radical (unpaired) electrons. The fourth-order valence-corrected chi connectivity index (χ4v) is 1.68. The Labute approximate surface area is 91.8 Å². The van der Waals surface area contributed by atoms with E-state index in [2.05, 4.69) is 11.4 Å². The van der Waals surface area contributed by atoms with Gasteiger partial charge in [-0.15, -0.1) is 0 Å². The van der Waals surface area contributed by atoms with E-state index in [-0.39, 0.29) is 6.04 Å². The molecule has 15 heavy (non-hydrogen) atoms. The van der Waals surface area contributed by atoms with Crippen LogP contribution in [0.25, 0.3) is 0 Å². The molecule has 0 saturated heterocycles. The van der Waals surface area contributed by atoms with Gasteiger partial charge < -0.3 is 4.74 Å². The maximum Gasteiger partial charge on any atom is 0.0977 e. The summed E-state index contributed by atoms with van der Waals surface area (Å²) >= 11 is 0. The van der Waals surface area contributed by atoms with Gasteiger partial charge in [0.2, 0.25) is 0 Å². The Hall–Kier alpha value is -0.590. The SMILES string of the molecule is N#CC(CCOCCC1CC1)NC1CC1. The molecule has 0 bridgehead atoms. The van der Waals surface area contributed by atoms with Crippen molar-refractivity contribution < 1.29 is 4.74 Å². The fourth-order valence-electron chi connectivity index (χ4n) is 1.68. The second-order valence-electron chi connectivity index (χ2n) is 4.76. The zero-order valence-electron chi connectivity index (χ0n) is 9.24. The highest BCUT2D eigenvalue weighted by molar-refractivity contribution is 4.95. The van der Waals surface area contributed by atoms with Crippen LogP contribution >= 0.6 is 0 Å². The van der Waals surface area contributed by atoms with Crippen LogP contribution in [-0.4, -0.2) is 25.3 Å². The van der Waals surface area contributed by atoms with Gasteiger partial charge in [-0.3, -0.25) is 5.32 Å². The Morgan fingerprint density at radius 3 is 2.67 bits per heavy atom. The van der Waals surface area contributed by atoms with Gasteiger partial charge in [0.1, 0.15) is 0 Å². The largest absolute Gasteiger partial charge is 0.381 e. The molecule has 0 heterocycles. The van der Waals surface area contributed by atoms with Crippen LogP contribution in [-0.2, 0) is 4.74 Å². The van der Waals surface area contributed by atoms with E-state index in [0.717, 1.165) is 25.6 Å². The van der Waals surface area contributed by atoms with Crippen molar-refractivity contribution in [3.63, 3.8) is 0 Å². The number of nitrogens with zero attached hydrogens (tertiary/aromatic N) is 1. The second-order valence-corrected chi connectivity index (χ2v) is 4.76. The lowest BCUT2D eigenvalue weighted by Crippen LogP contribution is -2.30. The fraction of sp³-hybridized carbons (Fsp3) is 0.917. The molecule has 0 aliphatic heterocycles. The number of hydrogen-bond donors (Lipinski definition) is 1. The molecule has 0 aromatic carbocycles. The quantitative estimate of drug-likeness (QED) is 0.619. The highest BCUT2D eigenvalue weighted by Crippen LogP contribution is 2.32. The molecule has 84 valence electrons. The summed E-state index contributed by atoms with van der Waals surface area (Å²) in [6.07, 6.45) is 7.31. The molecule has 2 aliphatic carbocycles. The van der Waals surface area contributed by atoms with Crippen molar-refractivity contribution in [1.29, 1.82) is 5.26 Å². The van der Waals surface area contributed by atoms with Gasteiger partial charge >= 0.3 is 0 Å². The Bertz CT molecular complexity index is 228. The summed E-state index contributed by atoms with van der Waals surface area (Å²) in [7, 11) is 0. The molecule has 0 amide bonds. The molecule has 0 aromatic rings. The number of nitrogens with one attached hydrogen (secondary N) is 1. The van der Waals surface area contributed by atoms with Gasteiger partial charge in [-0.2, -0.15) is 5.26 Å². The third-order valence-corrected chi connectivity index (χ3v) is 3.09. The molecular weight excluding hydrogens is 188 g/mol. The lowest BCUT2D eigenvalue weighted by atomic mass is 10.2. The summed E-state index contributed by atoms with van der Waals surface area (Å²) in [5.41, 5.74) is 0. The monoisotopic (exact) mass is 208 g/mol. The standard InChI is InChI=1S/C12H20N2O/c13-9-12(14-11-3-4-11)6-8-15-7-5-10-1-2-10/h10-12,14H,1-8H2. The Balaban J connectivity index is 1.45. The normalized spacial score (nSPS) is 22.3. The predicted octanol–water partition coefficient (Wildman–Crippen LogP) is 1.84. The number of ether oxygens (including phenoxy) is 1. The third kappa shape index (κ3) is 4.63. The van der Waals surface area contributed by atoms with Crippen molar-refractivity contribution in [1.82, 2.24) is 5.32 Å². The van der Waals surface area contributed by atoms with E-state index in [1.807, 2.05) is 0 Å². The van der Waals surface area contributed by atoms with Crippen molar-refractivity contribution >= 4 is 0 Å². The molecule has 0 spiro atoms. The molecule has 1 atom stereocenters. The lowest BCUT2D eigenvalue weighted by Gasteiger charge is -2.10. The van der Waals surface area contributed by atoms with E-state index < -0.39 is 0 Å². The topological polar surface area (TPSA) is 45.0 Å². The first-order valence-electron chi connectivity index (χ1n) is 6.12. The molecule has 2 saturated carbocycles. The van der Waals surface area contributed by atoms with Crippen LogP contribution in [0.15, 0.2) is 0 Å². The van der Waals surface area contributed by atoms with E-state index >= 15 is 0 Å². The molecule has 2 rings (SSSR count). The van der Waals surface area contributed by atoms with Crippen molar-refractivity contribution in [2.24, 2.45) is 5.92 Å². The zero-order valence-corrected chi connectivity index (χ0v) is 9.24. The van der Waals surface area contributed by atoms with Gasteiger partial charge in [-0.1, -0.05) is 12.8 Å². The third-order valence-electron chi connectivity index (χ3n) is 3.09. The van der Waals surface area contributed by atoms with Gasteiger partial charge in [-0.05, 0) is 31.6 Å². The van der Waals surface area contributed by atoms with Crippen molar-refractivity contribution in [3.8, 4) is 6.07 Å². The average molecular weight is 208 g/mol. The van der Waals surface area contributed by atoms with Crippen LogP contribution in [0.3, 0.4) is 0 Å². The lowest BCUT2D eigenvalue weighted by molar-refractivity contribution is 0.122. The van der Waals surface area contributed by atoms with E-state index in [0.29, 0.717) is 6.04 Å². The highest BCUT2D eigenvalue weighted by atomic mass is 16.5. The Morgan fingerprint density at radius 1 is 1.27 bits per heavy atom. The second kappa shape index (κ2) is 5.48. The van der Waals surface area contributed by atoms with Crippen molar-refractivity contribution in [2.45, 2.75) is 50.6 Å². The van der Waals surface area contributed by atoms with Gasteiger partial charge in [0, 0.05) is 19.3 Å². The molecule has 3 heteroatoms. The van der Waals surface area contributed by atoms with Gasteiger partial charge in [-0.25, -0.2) is 0 Å². The summed E-state index contributed by atoms with van der Waals surface area (Å²) in [4.78, 5) is 0. The molecule has 0 aromatic heterocycles. The summed E-state index contributed by atoms with van der Waals surface area (Å²) < 4.78 is 5.53. The first kappa shape index (κ1) is 10.9. The predicted molar refractivity (Wildman–Crippen MR) is 58.3 cm³/mol. The minimum Gasteiger partial charge on any atom is -0.381 e. The van der Waals surface area contributed by atoms with Crippen LogP contribution in [0.1, 0.15) is 38.5 Å². The number of hydrogen-bond acceptors (Lipinski definition) is 3. The van der Waals surface area contributed by atoms with Gasteiger partial charge in [0.05, 0.1) is 12.1 Å². The average Bonchev–Trinajstić information content (AvgIpc) is 3.10.